The molecule has 0 amide bonds. The van der Waals surface area contributed by atoms with Gasteiger partial charge < -0.3 is 4.48 Å². The summed E-state index contributed by atoms with van der Waals surface area (Å²) < 4.78 is 1.20. The minimum absolute atomic E-state index is 1.17. The molecule has 0 unspecified atom stereocenters. The molecule has 0 bridgehead atoms. The molecular formula is C14H24N+. The lowest BCUT2D eigenvalue weighted by Gasteiger charge is -2.36. The van der Waals surface area contributed by atoms with E-state index in [1.807, 2.05) is 0 Å². The van der Waals surface area contributed by atoms with Crippen molar-refractivity contribution in [1.29, 1.82) is 0 Å². The Hall–Kier alpha value is -0.820. The van der Waals surface area contributed by atoms with Crippen LogP contribution in [0.4, 0.5) is 0 Å². The Bertz CT molecular complexity index is 292. The van der Waals surface area contributed by atoms with Crippen molar-refractivity contribution in [3.05, 3.63) is 35.4 Å². The van der Waals surface area contributed by atoms with Crippen LogP contribution in [-0.2, 0) is 6.54 Å². The molecule has 0 fully saturated rings. The molecule has 0 aliphatic heterocycles. The largest absolute Gasteiger partial charge is 0.321 e. The average molecular weight is 206 g/mol. The first-order valence-corrected chi connectivity index (χ1v) is 6.06. The van der Waals surface area contributed by atoms with Gasteiger partial charge in [-0.15, -0.1) is 0 Å². The van der Waals surface area contributed by atoms with Gasteiger partial charge in [0.25, 0.3) is 0 Å². The van der Waals surface area contributed by atoms with E-state index in [9.17, 15) is 0 Å². The Kier molecular flexibility index (Phi) is 4.34. The summed E-state index contributed by atoms with van der Waals surface area (Å²) >= 11 is 0. The molecule has 1 nitrogen and oxygen atoms in total. The molecule has 0 saturated carbocycles. The highest BCUT2D eigenvalue weighted by Crippen LogP contribution is 2.15. The molecule has 1 aromatic carbocycles. The maximum absolute atomic E-state index is 2.31. The van der Waals surface area contributed by atoms with Crippen LogP contribution in [0.3, 0.4) is 0 Å². The van der Waals surface area contributed by atoms with E-state index in [2.05, 4.69) is 52.0 Å². The fraction of sp³-hybridized carbons (Fsp3) is 0.571. The third-order valence-electron chi connectivity index (χ3n) is 3.61. The molecule has 84 valence electrons. The maximum Gasteiger partial charge on any atom is 0.104 e. The number of hydrogen-bond acceptors (Lipinski definition) is 0. The zero-order chi connectivity index (χ0) is 11.3. The summed E-state index contributed by atoms with van der Waals surface area (Å²) in [4.78, 5) is 0. The number of hydrogen-bond donors (Lipinski definition) is 0. The molecule has 0 radical (unpaired) electrons. The van der Waals surface area contributed by atoms with Gasteiger partial charge in [0, 0.05) is 5.56 Å². The van der Waals surface area contributed by atoms with Crippen molar-refractivity contribution in [2.45, 2.75) is 34.2 Å². The molecule has 0 atom stereocenters. The Morgan fingerprint density at radius 1 is 1.00 bits per heavy atom. The Labute approximate surface area is 94.3 Å². The van der Waals surface area contributed by atoms with Gasteiger partial charge in [0.15, 0.2) is 0 Å². The van der Waals surface area contributed by atoms with E-state index in [0.717, 1.165) is 0 Å². The first-order chi connectivity index (χ1) is 7.15. The average Bonchev–Trinajstić information content (AvgIpc) is 2.26. The van der Waals surface area contributed by atoms with Crippen LogP contribution in [0.2, 0.25) is 0 Å². The van der Waals surface area contributed by atoms with Gasteiger partial charge in [0.1, 0.15) is 6.54 Å². The second-order valence-corrected chi connectivity index (χ2v) is 4.44. The van der Waals surface area contributed by atoms with E-state index in [1.165, 1.54) is 41.8 Å². The number of quaternary nitrogens is 1. The first kappa shape index (κ1) is 12.3. The maximum atomic E-state index is 2.31. The molecule has 0 aromatic heterocycles. The minimum Gasteiger partial charge on any atom is -0.321 e. The summed E-state index contributed by atoms with van der Waals surface area (Å²) in [7, 11) is 0. The van der Waals surface area contributed by atoms with Crippen LogP contribution in [0.5, 0.6) is 0 Å². The van der Waals surface area contributed by atoms with Crippen molar-refractivity contribution in [3.8, 4) is 0 Å². The molecule has 1 aromatic rings. The topological polar surface area (TPSA) is 0 Å². The van der Waals surface area contributed by atoms with Crippen LogP contribution < -0.4 is 0 Å². The summed E-state index contributed by atoms with van der Waals surface area (Å²) in [6.45, 7) is 13.9. The minimum atomic E-state index is 1.17. The van der Waals surface area contributed by atoms with Crippen molar-refractivity contribution < 1.29 is 4.48 Å². The summed E-state index contributed by atoms with van der Waals surface area (Å²) in [6, 6.07) is 8.90. The predicted molar refractivity (Wildman–Crippen MR) is 66.8 cm³/mol. The van der Waals surface area contributed by atoms with Crippen molar-refractivity contribution in [2.75, 3.05) is 19.6 Å². The van der Waals surface area contributed by atoms with Gasteiger partial charge in [-0.25, -0.2) is 0 Å². The van der Waals surface area contributed by atoms with Crippen LogP contribution in [0.1, 0.15) is 31.9 Å². The second kappa shape index (κ2) is 5.32. The molecule has 0 aliphatic rings. The molecule has 0 N–H and O–H groups in total. The Morgan fingerprint density at radius 2 is 1.60 bits per heavy atom. The predicted octanol–water partition coefficient (Wildman–Crippen LogP) is 3.37. The Morgan fingerprint density at radius 3 is 2.07 bits per heavy atom. The van der Waals surface area contributed by atoms with Crippen LogP contribution >= 0.6 is 0 Å². The van der Waals surface area contributed by atoms with Crippen LogP contribution in [0.25, 0.3) is 0 Å². The number of benzene rings is 1. The SMILES string of the molecule is CC[N+](CC)(CC)Cc1cccc(C)c1. The Balaban J connectivity index is 2.82. The van der Waals surface area contributed by atoms with Crippen molar-refractivity contribution in [2.24, 2.45) is 0 Å². The van der Waals surface area contributed by atoms with Gasteiger partial charge >= 0.3 is 0 Å². The zero-order valence-corrected chi connectivity index (χ0v) is 10.6. The quantitative estimate of drug-likeness (QED) is 0.648. The number of rotatable bonds is 5. The van der Waals surface area contributed by atoms with Gasteiger partial charge in [0.2, 0.25) is 0 Å². The van der Waals surface area contributed by atoms with E-state index in [-0.39, 0.29) is 0 Å². The fourth-order valence-corrected chi connectivity index (χ4v) is 2.20. The molecule has 0 saturated heterocycles. The van der Waals surface area contributed by atoms with E-state index >= 15 is 0 Å². The van der Waals surface area contributed by atoms with Gasteiger partial charge in [-0.1, -0.05) is 29.8 Å². The van der Waals surface area contributed by atoms with E-state index in [1.54, 1.807) is 0 Å². The molecule has 15 heavy (non-hydrogen) atoms. The van der Waals surface area contributed by atoms with E-state index < -0.39 is 0 Å². The monoisotopic (exact) mass is 206 g/mol. The van der Waals surface area contributed by atoms with Crippen molar-refractivity contribution in [3.63, 3.8) is 0 Å². The molecular weight excluding hydrogens is 182 g/mol. The smallest absolute Gasteiger partial charge is 0.104 e. The summed E-state index contributed by atoms with van der Waals surface area (Å²) in [5, 5.41) is 0. The van der Waals surface area contributed by atoms with E-state index in [4.69, 9.17) is 0 Å². The van der Waals surface area contributed by atoms with E-state index in [0.29, 0.717) is 0 Å². The molecule has 1 heteroatoms. The van der Waals surface area contributed by atoms with Crippen molar-refractivity contribution >= 4 is 0 Å². The second-order valence-electron chi connectivity index (χ2n) is 4.44. The van der Waals surface area contributed by atoms with Gasteiger partial charge in [-0.2, -0.15) is 0 Å². The number of aryl methyl sites for hydroxylation is 1. The lowest BCUT2D eigenvalue weighted by molar-refractivity contribution is -0.936. The number of nitrogens with zero attached hydrogens (tertiary/aromatic N) is 1. The van der Waals surface area contributed by atoms with Gasteiger partial charge in [-0.3, -0.25) is 0 Å². The highest BCUT2D eigenvalue weighted by molar-refractivity contribution is 5.21. The molecule has 1 rings (SSSR count). The molecule has 0 spiro atoms. The van der Waals surface area contributed by atoms with Crippen LogP contribution in [0, 0.1) is 6.92 Å². The highest BCUT2D eigenvalue weighted by Gasteiger charge is 2.20. The molecule has 0 heterocycles. The van der Waals surface area contributed by atoms with Crippen LogP contribution in [-0.4, -0.2) is 24.1 Å². The molecule has 0 aliphatic carbocycles. The highest BCUT2D eigenvalue weighted by atomic mass is 15.3. The standard InChI is InChI=1S/C14H24N/c1-5-15(6-2,7-3)12-14-10-8-9-13(4)11-14/h8-11H,5-7,12H2,1-4H3/q+1. The van der Waals surface area contributed by atoms with Crippen LogP contribution in [0.15, 0.2) is 24.3 Å². The normalized spacial score (nSPS) is 11.7. The zero-order valence-electron chi connectivity index (χ0n) is 10.6. The third-order valence-corrected chi connectivity index (χ3v) is 3.61. The summed E-state index contributed by atoms with van der Waals surface area (Å²) in [6.07, 6.45) is 0. The lowest BCUT2D eigenvalue weighted by atomic mass is 10.1. The van der Waals surface area contributed by atoms with Gasteiger partial charge in [0.05, 0.1) is 19.6 Å². The lowest BCUT2D eigenvalue weighted by Crippen LogP contribution is -2.46. The summed E-state index contributed by atoms with van der Waals surface area (Å²) in [5.41, 5.74) is 2.84. The first-order valence-electron chi connectivity index (χ1n) is 6.06. The van der Waals surface area contributed by atoms with Gasteiger partial charge in [-0.05, 0) is 27.7 Å². The fourth-order valence-electron chi connectivity index (χ4n) is 2.20. The third kappa shape index (κ3) is 3.07. The summed E-state index contributed by atoms with van der Waals surface area (Å²) in [5.74, 6) is 0. The van der Waals surface area contributed by atoms with Crippen molar-refractivity contribution in [1.82, 2.24) is 0 Å².